The molecule has 34 heavy (non-hydrogen) atoms. The van der Waals surface area contributed by atoms with E-state index in [0.29, 0.717) is 47.4 Å². The number of unbranched alkanes of at least 4 members (excludes halogenated alkanes) is 1. The average Bonchev–Trinajstić information content (AvgIpc) is 2.84. The minimum atomic E-state index is -0.916. The second-order valence-corrected chi connectivity index (χ2v) is 7.93. The van der Waals surface area contributed by atoms with Gasteiger partial charge in [-0.05, 0) is 65.6 Å². The summed E-state index contributed by atoms with van der Waals surface area (Å²) in [5.41, 5.74) is 1.67. The molecule has 3 aromatic carbocycles. The molecule has 0 aliphatic rings. The lowest BCUT2D eigenvalue weighted by molar-refractivity contribution is 0.306. The van der Waals surface area contributed by atoms with Gasteiger partial charge in [0.05, 0.1) is 24.6 Å². The number of aryl methyl sites for hydroxylation is 2. The molecule has 0 aliphatic heterocycles. The number of rotatable bonds is 7. The van der Waals surface area contributed by atoms with Crippen LogP contribution in [0.15, 0.2) is 60.9 Å². The van der Waals surface area contributed by atoms with E-state index in [1.54, 1.807) is 36.7 Å². The van der Waals surface area contributed by atoms with Crippen LogP contribution < -0.4 is 4.74 Å². The van der Waals surface area contributed by atoms with Gasteiger partial charge < -0.3 is 4.74 Å². The van der Waals surface area contributed by atoms with Crippen LogP contribution in [0.1, 0.15) is 42.3 Å². The lowest BCUT2D eigenvalue weighted by Gasteiger charge is -2.06. The van der Waals surface area contributed by atoms with Gasteiger partial charge in [0.1, 0.15) is 11.6 Å². The Balaban J connectivity index is 1.39. The summed E-state index contributed by atoms with van der Waals surface area (Å²) in [6, 6.07) is 12.2. The lowest BCUT2D eigenvalue weighted by atomic mass is 10.0. The zero-order chi connectivity index (χ0) is 23.9. The zero-order valence-corrected chi connectivity index (χ0v) is 18.7. The molecule has 0 fully saturated rings. The predicted molar refractivity (Wildman–Crippen MR) is 126 cm³/mol. The van der Waals surface area contributed by atoms with Crippen molar-refractivity contribution in [3.63, 3.8) is 0 Å². The summed E-state index contributed by atoms with van der Waals surface area (Å²) in [5, 5.41) is 1.10. The minimum absolute atomic E-state index is 0.263. The van der Waals surface area contributed by atoms with Crippen LogP contribution >= 0.6 is 0 Å². The number of nitrogens with zero attached hydrogens (tertiary/aromatic N) is 2. The summed E-state index contributed by atoms with van der Waals surface area (Å²) in [7, 11) is 0. The largest absolute Gasteiger partial charge is 0.490 e. The SMILES string of the molecule is CCCCOc1cnc(CCc2ccc(C#Cc3ccc4cc(F)c(F)cc4c3)c(F)c2)nc1. The minimum Gasteiger partial charge on any atom is -0.490 e. The third kappa shape index (κ3) is 5.93. The summed E-state index contributed by atoms with van der Waals surface area (Å²) < 4.78 is 47.0. The van der Waals surface area contributed by atoms with E-state index in [1.807, 2.05) is 6.07 Å². The summed E-state index contributed by atoms with van der Waals surface area (Å²) in [6.45, 7) is 2.75. The molecular formula is C28H23F3N2O. The molecule has 0 spiro atoms. The van der Waals surface area contributed by atoms with Gasteiger partial charge in [0.2, 0.25) is 0 Å². The first-order valence-electron chi connectivity index (χ1n) is 11.1. The Bertz CT molecular complexity index is 1360. The maximum Gasteiger partial charge on any atom is 0.159 e. The van der Waals surface area contributed by atoms with E-state index < -0.39 is 17.5 Å². The van der Waals surface area contributed by atoms with E-state index in [0.717, 1.165) is 30.5 Å². The second-order valence-electron chi connectivity index (χ2n) is 7.93. The molecule has 1 aromatic heterocycles. The highest BCUT2D eigenvalue weighted by Gasteiger charge is 2.06. The molecule has 3 nitrogen and oxygen atoms in total. The van der Waals surface area contributed by atoms with Gasteiger partial charge in [-0.3, -0.25) is 0 Å². The van der Waals surface area contributed by atoms with E-state index in [1.165, 1.54) is 6.07 Å². The van der Waals surface area contributed by atoms with E-state index in [4.69, 9.17) is 4.74 Å². The molecule has 0 atom stereocenters. The first-order chi connectivity index (χ1) is 16.5. The van der Waals surface area contributed by atoms with Gasteiger partial charge in [-0.2, -0.15) is 0 Å². The van der Waals surface area contributed by atoms with Crippen molar-refractivity contribution in [2.24, 2.45) is 0 Å². The van der Waals surface area contributed by atoms with E-state index in [9.17, 15) is 13.2 Å². The van der Waals surface area contributed by atoms with Crippen LogP contribution in [0.25, 0.3) is 10.8 Å². The monoisotopic (exact) mass is 460 g/mol. The van der Waals surface area contributed by atoms with Gasteiger partial charge in [-0.25, -0.2) is 23.1 Å². The van der Waals surface area contributed by atoms with Crippen molar-refractivity contribution in [2.75, 3.05) is 6.61 Å². The molecule has 0 saturated heterocycles. The maximum absolute atomic E-state index is 14.6. The fourth-order valence-electron chi connectivity index (χ4n) is 3.41. The molecule has 4 aromatic rings. The third-order valence-electron chi connectivity index (χ3n) is 5.34. The molecule has 0 saturated carbocycles. The Morgan fingerprint density at radius 1 is 0.794 bits per heavy atom. The van der Waals surface area contributed by atoms with E-state index in [2.05, 4.69) is 28.7 Å². The standard InChI is InChI=1S/C28H23F3N2O/c1-2-3-12-34-24-17-32-28(33-18-24)11-7-20-5-9-21(25(29)14-20)8-4-19-6-10-22-15-26(30)27(31)16-23(22)13-19/h5-6,9-10,13-18H,2-3,7,11-12H2,1H3. The maximum atomic E-state index is 14.6. The predicted octanol–water partition coefficient (Wildman–Crippen LogP) is 6.41. The number of benzene rings is 3. The smallest absolute Gasteiger partial charge is 0.159 e. The molecule has 6 heteroatoms. The van der Waals surface area contributed by atoms with E-state index in [-0.39, 0.29) is 5.56 Å². The molecule has 4 rings (SSSR count). The number of ether oxygens (including phenoxy) is 1. The Hall–Kier alpha value is -3.85. The van der Waals surface area contributed by atoms with Gasteiger partial charge in [0, 0.05) is 12.0 Å². The Labute approximate surface area is 196 Å². The first kappa shape index (κ1) is 23.3. The van der Waals surface area contributed by atoms with Gasteiger partial charge in [0.25, 0.3) is 0 Å². The van der Waals surface area contributed by atoms with Gasteiger partial charge in [-0.15, -0.1) is 0 Å². The van der Waals surface area contributed by atoms with Gasteiger partial charge >= 0.3 is 0 Å². The van der Waals surface area contributed by atoms with Crippen LogP contribution in [-0.4, -0.2) is 16.6 Å². The topological polar surface area (TPSA) is 35.0 Å². The average molecular weight is 460 g/mol. The highest BCUT2D eigenvalue weighted by Crippen LogP contribution is 2.20. The Kier molecular flexibility index (Phi) is 7.44. The van der Waals surface area contributed by atoms with Crippen LogP contribution in [0.4, 0.5) is 13.2 Å². The molecule has 0 amide bonds. The van der Waals surface area contributed by atoms with Crippen molar-refractivity contribution < 1.29 is 17.9 Å². The van der Waals surface area contributed by atoms with Crippen LogP contribution in [0, 0.1) is 29.3 Å². The van der Waals surface area contributed by atoms with Crippen molar-refractivity contribution in [2.45, 2.75) is 32.6 Å². The quantitative estimate of drug-likeness (QED) is 0.236. The summed E-state index contributed by atoms with van der Waals surface area (Å²) >= 11 is 0. The molecule has 0 radical (unpaired) electrons. The molecule has 1 heterocycles. The number of fused-ring (bicyclic) bond motifs is 1. The molecule has 0 N–H and O–H groups in total. The number of aromatic nitrogens is 2. The first-order valence-corrected chi connectivity index (χ1v) is 11.1. The summed E-state index contributed by atoms with van der Waals surface area (Å²) in [6.07, 6.45) is 6.54. The fourth-order valence-corrected chi connectivity index (χ4v) is 3.41. The Morgan fingerprint density at radius 3 is 2.29 bits per heavy atom. The lowest BCUT2D eigenvalue weighted by Crippen LogP contribution is -2.01. The molecule has 172 valence electrons. The second kappa shape index (κ2) is 10.8. The molecule has 0 unspecified atom stereocenters. The molecular weight excluding hydrogens is 437 g/mol. The highest BCUT2D eigenvalue weighted by atomic mass is 19.2. The zero-order valence-electron chi connectivity index (χ0n) is 18.7. The van der Waals surface area contributed by atoms with Crippen molar-refractivity contribution in [3.8, 4) is 17.6 Å². The Morgan fingerprint density at radius 2 is 1.56 bits per heavy atom. The summed E-state index contributed by atoms with van der Waals surface area (Å²) in [5.74, 6) is 4.79. The summed E-state index contributed by atoms with van der Waals surface area (Å²) in [4.78, 5) is 8.62. The van der Waals surface area contributed by atoms with Gasteiger partial charge in [0.15, 0.2) is 17.4 Å². The highest BCUT2D eigenvalue weighted by molar-refractivity contribution is 5.84. The van der Waals surface area contributed by atoms with Crippen molar-refractivity contribution in [1.82, 2.24) is 9.97 Å². The number of hydrogen-bond acceptors (Lipinski definition) is 3. The van der Waals surface area contributed by atoms with E-state index >= 15 is 0 Å². The number of halogens is 3. The van der Waals surface area contributed by atoms with Crippen LogP contribution in [0.3, 0.4) is 0 Å². The van der Waals surface area contributed by atoms with Crippen LogP contribution in [0.2, 0.25) is 0 Å². The van der Waals surface area contributed by atoms with Crippen molar-refractivity contribution in [1.29, 1.82) is 0 Å². The molecule has 0 bridgehead atoms. The normalized spacial score (nSPS) is 10.7. The van der Waals surface area contributed by atoms with Crippen molar-refractivity contribution in [3.05, 3.63) is 101 Å². The number of hydrogen-bond donors (Lipinski definition) is 0. The van der Waals surface area contributed by atoms with Crippen LogP contribution in [-0.2, 0) is 12.8 Å². The van der Waals surface area contributed by atoms with Crippen molar-refractivity contribution >= 4 is 10.8 Å². The molecule has 0 aliphatic carbocycles. The fraction of sp³-hybridized carbons (Fsp3) is 0.214. The van der Waals surface area contributed by atoms with Gasteiger partial charge in [-0.1, -0.05) is 37.3 Å². The third-order valence-corrected chi connectivity index (χ3v) is 5.34. The van der Waals surface area contributed by atoms with Crippen LogP contribution in [0.5, 0.6) is 5.75 Å².